The van der Waals surface area contributed by atoms with Gasteiger partial charge in [0.15, 0.2) is 0 Å². The Balaban J connectivity index is 2.69. The van der Waals surface area contributed by atoms with E-state index in [1.165, 1.54) is 0 Å². The van der Waals surface area contributed by atoms with E-state index in [9.17, 15) is 4.79 Å². The fourth-order valence-electron chi connectivity index (χ4n) is 1.45. The van der Waals surface area contributed by atoms with Gasteiger partial charge in [0.1, 0.15) is 6.61 Å². The second-order valence-corrected chi connectivity index (χ2v) is 4.96. The Hall–Kier alpha value is -2.16. The van der Waals surface area contributed by atoms with Crippen molar-refractivity contribution in [1.29, 1.82) is 0 Å². The van der Waals surface area contributed by atoms with Gasteiger partial charge in [0.2, 0.25) is 0 Å². The van der Waals surface area contributed by atoms with Gasteiger partial charge in [0.25, 0.3) is 0 Å². The van der Waals surface area contributed by atoms with E-state index in [0.717, 1.165) is 16.7 Å². The normalized spacial score (nSPS) is 10.2. The van der Waals surface area contributed by atoms with E-state index < -0.39 is 0 Å². The van der Waals surface area contributed by atoms with E-state index in [1.54, 1.807) is 12.4 Å². The van der Waals surface area contributed by atoms with Crippen molar-refractivity contribution in [3.8, 4) is 0 Å². The summed E-state index contributed by atoms with van der Waals surface area (Å²) in [4.78, 5) is 16.2. The number of nitrogens with zero attached hydrogens (tertiary/aromatic N) is 1. The first-order chi connectivity index (χ1) is 9.50. The highest BCUT2D eigenvalue weighted by Crippen LogP contribution is 2.07. The zero-order valence-corrected chi connectivity index (χ0v) is 12.5. The standard InChI is InChI=1S/C17H21NO2/c1-13(2)10-18-11-16(14(3)4)17(19)20-12-15-8-6-5-7-9-15/h5-11H,12H2,1-4H3. The molecule has 0 N–H and O–H groups in total. The lowest BCUT2D eigenvalue weighted by Gasteiger charge is -2.06. The number of benzene rings is 1. The molecule has 106 valence electrons. The number of hydrogen-bond donors (Lipinski definition) is 0. The fourth-order valence-corrected chi connectivity index (χ4v) is 1.45. The molecular formula is C17H21NO2. The molecule has 0 saturated heterocycles. The molecule has 1 rings (SSSR count). The van der Waals surface area contributed by atoms with Crippen LogP contribution in [0, 0.1) is 0 Å². The summed E-state index contributed by atoms with van der Waals surface area (Å²) in [6.45, 7) is 7.91. The van der Waals surface area contributed by atoms with Crippen molar-refractivity contribution in [1.82, 2.24) is 0 Å². The van der Waals surface area contributed by atoms with Crippen LogP contribution in [-0.4, -0.2) is 12.2 Å². The van der Waals surface area contributed by atoms with Gasteiger partial charge in [-0.25, -0.2) is 4.79 Å². The SMILES string of the molecule is CC(C)=CN=CC(C(=O)OCc1ccccc1)=C(C)C. The molecule has 0 spiro atoms. The maximum absolute atomic E-state index is 12.0. The molecule has 0 fully saturated rings. The monoisotopic (exact) mass is 271 g/mol. The van der Waals surface area contributed by atoms with E-state index in [4.69, 9.17) is 4.74 Å². The van der Waals surface area contributed by atoms with Crippen molar-refractivity contribution in [2.24, 2.45) is 4.99 Å². The minimum Gasteiger partial charge on any atom is -0.457 e. The minimum absolute atomic E-state index is 0.271. The Morgan fingerprint density at radius 2 is 1.80 bits per heavy atom. The highest BCUT2D eigenvalue weighted by molar-refractivity contribution is 6.10. The number of rotatable bonds is 5. The zero-order valence-electron chi connectivity index (χ0n) is 12.5. The van der Waals surface area contributed by atoms with Crippen LogP contribution in [0.1, 0.15) is 33.3 Å². The third kappa shape index (κ3) is 5.65. The van der Waals surface area contributed by atoms with Crippen LogP contribution < -0.4 is 0 Å². The molecule has 0 radical (unpaired) electrons. The largest absolute Gasteiger partial charge is 0.457 e. The molecule has 3 nitrogen and oxygen atoms in total. The molecule has 1 aromatic rings. The Morgan fingerprint density at radius 3 is 2.35 bits per heavy atom. The predicted molar refractivity (Wildman–Crippen MR) is 82.5 cm³/mol. The lowest BCUT2D eigenvalue weighted by atomic mass is 10.1. The fraction of sp³-hybridized carbons (Fsp3) is 0.294. The van der Waals surface area contributed by atoms with Gasteiger partial charge in [-0.05, 0) is 33.3 Å². The van der Waals surface area contributed by atoms with Crippen LogP contribution in [0.3, 0.4) is 0 Å². The number of aliphatic imine (C=N–C) groups is 1. The van der Waals surface area contributed by atoms with Gasteiger partial charge in [0, 0.05) is 12.4 Å². The maximum Gasteiger partial charge on any atom is 0.339 e. The van der Waals surface area contributed by atoms with Crippen molar-refractivity contribution < 1.29 is 9.53 Å². The van der Waals surface area contributed by atoms with Gasteiger partial charge in [-0.15, -0.1) is 0 Å². The lowest BCUT2D eigenvalue weighted by Crippen LogP contribution is -2.10. The van der Waals surface area contributed by atoms with E-state index in [0.29, 0.717) is 5.57 Å². The van der Waals surface area contributed by atoms with Gasteiger partial charge >= 0.3 is 5.97 Å². The summed E-state index contributed by atoms with van der Waals surface area (Å²) < 4.78 is 5.30. The minimum atomic E-state index is -0.347. The average molecular weight is 271 g/mol. The third-order valence-corrected chi connectivity index (χ3v) is 2.51. The van der Waals surface area contributed by atoms with Gasteiger partial charge in [-0.3, -0.25) is 4.99 Å². The summed E-state index contributed by atoms with van der Waals surface area (Å²) in [6, 6.07) is 9.61. The summed E-state index contributed by atoms with van der Waals surface area (Å²) in [7, 11) is 0. The van der Waals surface area contributed by atoms with Crippen LogP contribution in [0.4, 0.5) is 0 Å². The summed E-state index contributed by atoms with van der Waals surface area (Å²) in [6.07, 6.45) is 3.27. The van der Waals surface area contributed by atoms with Crippen LogP contribution in [0.5, 0.6) is 0 Å². The second kappa shape index (κ2) is 8.10. The molecule has 0 unspecified atom stereocenters. The van der Waals surface area contributed by atoms with E-state index in [-0.39, 0.29) is 12.6 Å². The number of carbonyl (C=O) groups excluding carboxylic acids is 1. The van der Waals surface area contributed by atoms with Gasteiger partial charge in [0.05, 0.1) is 5.57 Å². The highest BCUT2D eigenvalue weighted by atomic mass is 16.5. The van der Waals surface area contributed by atoms with E-state index >= 15 is 0 Å². The van der Waals surface area contributed by atoms with Crippen LogP contribution in [0.2, 0.25) is 0 Å². The van der Waals surface area contributed by atoms with Gasteiger partial charge in [-0.1, -0.05) is 41.5 Å². The first-order valence-electron chi connectivity index (χ1n) is 6.55. The lowest BCUT2D eigenvalue weighted by molar-refractivity contribution is -0.139. The van der Waals surface area contributed by atoms with Crippen LogP contribution in [0.25, 0.3) is 0 Å². The molecule has 0 saturated carbocycles. The molecule has 3 heteroatoms. The zero-order chi connectivity index (χ0) is 15.0. The molecule has 0 aliphatic heterocycles. The molecule has 0 atom stereocenters. The summed E-state index contributed by atoms with van der Waals surface area (Å²) in [5, 5.41) is 0. The predicted octanol–water partition coefficient (Wildman–Crippen LogP) is 4.06. The molecule has 0 aromatic heterocycles. The summed E-state index contributed by atoms with van der Waals surface area (Å²) in [5.41, 5.74) is 3.43. The van der Waals surface area contributed by atoms with Gasteiger partial charge in [-0.2, -0.15) is 0 Å². The Labute approximate surface area is 120 Å². The number of hydrogen-bond acceptors (Lipinski definition) is 3. The average Bonchev–Trinajstić information content (AvgIpc) is 2.41. The quantitative estimate of drug-likeness (QED) is 0.460. The van der Waals surface area contributed by atoms with Crippen molar-refractivity contribution in [2.75, 3.05) is 0 Å². The first kappa shape index (κ1) is 15.9. The smallest absolute Gasteiger partial charge is 0.339 e. The highest BCUT2D eigenvalue weighted by Gasteiger charge is 2.10. The molecule has 0 heterocycles. The van der Waals surface area contributed by atoms with Crippen molar-refractivity contribution >= 4 is 12.2 Å². The molecule has 20 heavy (non-hydrogen) atoms. The summed E-state index contributed by atoms with van der Waals surface area (Å²) in [5.74, 6) is -0.347. The Kier molecular flexibility index (Phi) is 6.44. The molecular weight excluding hydrogens is 250 g/mol. The number of esters is 1. The molecule has 0 aliphatic carbocycles. The number of allylic oxidation sites excluding steroid dienone is 2. The van der Waals surface area contributed by atoms with Crippen LogP contribution in [0.15, 0.2) is 58.2 Å². The van der Waals surface area contributed by atoms with Crippen molar-refractivity contribution in [3.63, 3.8) is 0 Å². The van der Waals surface area contributed by atoms with Gasteiger partial charge < -0.3 is 4.74 Å². The number of carbonyl (C=O) groups is 1. The van der Waals surface area contributed by atoms with Crippen molar-refractivity contribution in [3.05, 3.63) is 58.8 Å². The molecule has 1 aromatic carbocycles. The number of ether oxygens (including phenoxy) is 1. The Bertz CT molecular complexity index is 531. The molecule has 0 aliphatic rings. The third-order valence-electron chi connectivity index (χ3n) is 2.51. The Morgan fingerprint density at radius 1 is 1.15 bits per heavy atom. The molecule has 0 amide bonds. The van der Waals surface area contributed by atoms with E-state index in [1.807, 2.05) is 58.0 Å². The van der Waals surface area contributed by atoms with Crippen molar-refractivity contribution in [2.45, 2.75) is 34.3 Å². The topological polar surface area (TPSA) is 38.7 Å². The van der Waals surface area contributed by atoms with Crippen LogP contribution >= 0.6 is 0 Å². The maximum atomic E-state index is 12.0. The molecule has 0 bridgehead atoms. The first-order valence-corrected chi connectivity index (χ1v) is 6.55. The van der Waals surface area contributed by atoms with Crippen LogP contribution in [-0.2, 0) is 16.1 Å². The summed E-state index contributed by atoms with van der Waals surface area (Å²) >= 11 is 0. The van der Waals surface area contributed by atoms with E-state index in [2.05, 4.69) is 4.99 Å². The second-order valence-electron chi connectivity index (χ2n) is 4.96.